The van der Waals surface area contributed by atoms with Gasteiger partial charge in [0.15, 0.2) is 0 Å². The maximum atomic E-state index is 11.9. The molecule has 1 rings (SSSR count). The Hall–Kier alpha value is -1.47. The number of carbonyl (C=O) groups excluding carboxylic acids is 1. The van der Waals surface area contributed by atoms with Crippen molar-refractivity contribution in [3.63, 3.8) is 0 Å². The van der Waals surface area contributed by atoms with E-state index in [1.165, 1.54) is 12.1 Å². The van der Waals surface area contributed by atoms with Crippen molar-refractivity contribution >= 4 is 33.2 Å². The molecular formula is C12H16BrN3O3. The summed E-state index contributed by atoms with van der Waals surface area (Å²) in [6, 6.07) is 4.53. The third-order valence-electron chi connectivity index (χ3n) is 2.56. The zero-order valence-electron chi connectivity index (χ0n) is 10.8. The van der Waals surface area contributed by atoms with Crippen LogP contribution in [-0.4, -0.2) is 23.9 Å². The molecule has 0 heterocycles. The molecular weight excluding hydrogens is 314 g/mol. The number of rotatable bonds is 6. The van der Waals surface area contributed by atoms with Gasteiger partial charge in [-0.2, -0.15) is 0 Å². The summed E-state index contributed by atoms with van der Waals surface area (Å²) in [6.07, 6.45) is 0. The minimum atomic E-state index is -0.519. The van der Waals surface area contributed by atoms with Crippen molar-refractivity contribution in [3.8, 4) is 0 Å². The molecule has 0 fully saturated rings. The Morgan fingerprint density at radius 1 is 1.53 bits per heavy atom. The molecule has 0 bridgehead atoms. The van der Waals surface area contributed by atoms with Crippen LogP contribution in [0.15, 0.2) is 22.7 Å². The highest BCUT2D eigenvalue weighted by Crippen LogP contribution is 2.28. The third kappa shape index (κ3) is 4.60. The van der Waals surface area contributed by atoms with Gasteiger partial charge in [-0.25, -0.2) is 0 Å². The number of nitro groups is 1. The molecule has 0 saturated heterocycles. The lowest BCUT2D eigenvalue weighted by Crippen LogP contribution is -2.30. The van der Waals surface area contributed by atoms with E-state index < -0.39 is 4.92 Å². The van der Waals surface area contributed by atoms with Crippen LogP contribution >= 0.6 is 15.9 Å². The van der Waals surface area contributed by atoms with E-state index in [1.54, 1.807) is 13.0 Å². The molecule has 2 N–H and O–H groups in total. The summed E-state index contributed by atoms with van der Waals surface area (Å²) in [5, 5.41) is 16.6. The van der Waals surface area contributed by atoms with E-state index in [-0.39, 0.29) is 23.2 Å². The Morgan fingerprint density at radius 3 is 2.79 bits per heavy atom. The summed E-state index contributed by atoms with van der Waals surface area (Å²) in [7, 11) is 0. The first-order chi connectivity index (χ1) is 8.95. The molecule has 104 valence electrons. The molecule has 0 aliphatic carbocycles. The van der Waals surface area contributed by atoms with Gasteiger partial charge in [0.1, 0.15) is 5.69 Å². The van der Waals surface area contributed by atoms with Gasteiger partial charge < -0.3 is 10.6 Å². The molecule has 7 heteroatoms. The van der Waals surface area contributed by atoms with Crippen molar-refractivity contribution in [1.29, 1.82) is 0 Å². The second-order valence-electron chi connectivity index (χ2n) is 4.12. The van der Waals surface area contributed by atoms with E-state index in [0.29, 0.717) is 11.0 Å². The van der Waals surface area contributed by atoms with Gasteiger partial charge in [0.2, 0.25) is 5.91 Å². The predicted molar refractivity (Wildman–Crippen MR) is 77.1 cm³/mol. The second-order valence-corrected chi connectivity index (χ2v) is 5.03. The molecule has 19 heavy (non-hydrogen) atoms. The third-order valence-corrected chi connectivity index (χ3v) is 3.06. The maximum absolute atomic E-state index is 11.9. The number of benzene rings is 1. The number of nitrogens with one attached hydrogen (secondary N) is 2. The molecule has 1 aromatic rings. The molecule has 0 spiro atoms. The average molecular weight is 330 g/mol. The molecule has 0 aromatic heterocycles. The van der Waals surface area contributed by atoms with Crippen LogP contribution in [0.1, 0.15) is 13.8 Å². The number of hydrogen-bond donors (Lipinski definition) is 2. The van der Waals surface area contributed by atoms with E-state index in [4.69, 9.17) is 0 Å². The molecule has 1 aromatic carbocycles. The summed E-state index contributed by atoms with van der Waals surface area (Å²) in [5.74, 6) is -0.505. The van der Waals surface area contributed by atoms with Crippen LogP contribution < -0.4 is 10.6 Å². The average Bonchev–Trinajstić information content (AvgIpc) is 2.37. The monoisotopic (exact) mass is 329 g/mol. The molecule has 0 radical (unpaired) electrons. The Kier molecular flexibility index (Phi) is 5.91. The van der Waals surface area contributed by atoms with Crippen molar-refractivity contribution in [1.82, 2.24) is 5.32 Å². The lowest BCUT2D eigenvalue weighted by atomic mass is 10.1. The van der Waals surface area contributed by atoms with Gasteiger partial charge in [-0.1, -0.05) is 29.8 Å². The number of nitrogens with zero attached hydrogens (tertiary/aromatic N) is 1. The van der Waals surface area contributed by atoms with E-state index in [0.717, 1.165) is 6.54 Å². The minimum Gasteiger partial charge on any atom is -0.320 e. The van der Waals surface area contributed by atoms with Crippen molar-refractivity contribution in [2.24, 2.45) is 5.92 Å². The number of hydrogen-bond acceptors (Lipinski definition) is 4. The Morgan fingerprint density at radius 2 is 2.21 bits per heavy atom. The summed E-state index contributed by atoms with van der Waals surface area (Å²) >= 11 is 3.17. The van der Waals surface area contributed by atoms with Crippen molar-refractivity contribution in [2.45, 2.75) is 13.8 Å². The van der Waals surface area contributed by atoms with Gasteiger partial charge in [-0.05, 0) is 18.7 Å². The first kappa shape index (κ1) is 15.6. The summed E-state index contributed by atoms with van der Waals surface area (Å²) in [4.78, 5) is 22.3. The molecule has 1 amide bonds. The lowest BCUT2D eigenvalue weighted by molar-refractivity contribution is -0.384. The van der Waals surface area contributed by atoms with E-state index >= 15 is 0 Å². The van der Waals surface area contributed by atoms with Gasteiger partial charge in [-0.15, -0.1) is 0 Å². The SMILES string of the molecule is CCNCC(C)C(=O)Nc1ccc(Br)cc1[N+](=O)[O-]. The van der Waals surface area contributed by atoms with Crippen LogP contribution in [0.4, 0.5) is 11.4 Å². The van der Waals surface area contributed by atoms with Crippen LogP contribution in [0.2, 0.25) is 0 Å². The fraction of sp³-hybridized carbons (Fsp3) is 0.417. The molecule has 1 atom stereocenters. The Bertz CT molecular complexity index is 479. The lowest BCUT2D eigenvalue weighted by Gasteiger charge is -2.12. The number of nitro benzene ring substituents is 1. The zero-order valence-corrected chi connectivity index (χ0v) is 12.4. The summed E-state index contributed by atoms with van der Waals surface area (Å²) in [6.45, 7) is 5.02. The molecule has 0 aliphatic heterocycles. The highest BCUT2D eigenvalue weighted by molar-refractivity contribution is 9.10. The van der Waals surface area contributed by atoms with E-state index in [1.807, 2.05) is 6.92 Å². The van der Waals surface area contributed by atoms with Gasteiger partial charge in [-0.3, -0.25) is 14.9 Å². The van der Waals surface area contributed by atoms with Gasteiger partial charge in [0, 0.05) is 23.0 Å². The Balaban J connectivity index is 2.81. The molecule has 0 saturated carbocycles. The standard InChI is InChI=1S/C12H16BrN3O3/c1-3-14-7-8(2)12(17)15-10-5-4-9(13)6-11(10)16(18)19/h4-6,8,14H,3,7H2,1-2H3,(H,15,17). The highest BCUT2D eigenvalue weighted by Gasteiger charge is 2.19. The highest BCUT2D eigenvalue weighted by atomic mass is 79.9. The second kappa shape index (κ2) is 7.20. The van der Waals surface area contributed by atoms with Crippen LogP contribution in [-0.2, 0) is 4.79 Å². The number of carbonyl (C=O) groups is 1. The smallest absolute Gasteiger partial charge is 0.293 e. The van der Waals surface area contributed by atoms with Crippen molar-refractivity contribution < 1.29 is 9.72 Å². The first-order valence-corrected chi connectivity index (χ1v) is 6.70. The minimum absolute atomic E-state index is 0.127. The van der Waals surface area contributed by atoms with Crippen molar-refractivity contribution in [2.75, 3.05) is 18.4 Å². The fourth-order valence-corrected chi connectivity index (χ4v) is 1.82. The summed E-state index contributed by atoms with van der Waals surface area (Å²) in [5.41, 5.74) is 0.0833. The van der Waals surface area contributed by atoms with Gasteiger partial charge in [0.25, 0.3) is 5.69 Å². The predicted octanol–water partition coefficient (Wildman–Crippen LogP) is 2.54. The number of halogens is 1. The molecule has 6 nitrogen and oxygen atoms in total. The van der Waals surface area contributed by atoms with Crippen LogP contribution in [0.5, 0.6) is 0 Å². The summed E-state index contributed by atoms with van der Waals surface area (Å²) < 4.78 is 0.595. The van der Waals surface area contributed by atoms with Crippen LogP contribution in [0.25, 0.3) is 0 Å². The maximum Gasteiger partial charge on any atom is 0.293 e. The van der Waals surface area contributed by atoms with Crippen molar-refractivity contribution in [3.05, 3.63) is 32.8 Å². The van der Waals surface area contributed by atoms with E-state index in [9.17, 15) is 14.9 Å². The Labute approximate surface area is 119 Å². The number of anilines is 1. The quantitative estimate of drug-likeness (QED) is 0.620. The van der Waals surface area contributed by atoms with E-state index in [2.05, 4.69) is 26.6 Å². The van der Waals surface area contributed by atoms with Crippen LogP contribution in [0, 0.1) is 16.0 Å². The van der Waals surface area contributed by atoms with Gasteiger partial charge in [0.05, 0.1) is 4.92 Å². The largest absolute Gasteiger partial charge is 0.320 e. The van der Waals surface area contributed by atoms with Gasteiger partial charge >= 0.3 is 0 Å². The normalized spacial score (nSPS) is 11.9. The van der Waals surface area contributed by atoms with Crippen LogP contribution in [0.3, 0.4) is 0 Å². The number of amides is 1. The molecule has 0 aliphatic rings. The zero-order chi connectivity index (χ0) is 14.4. The fourth-order valence-electron chi connectivity index (χ4n) is 1.47. The first-order valence-electron chi connectivity index (χ1n) is 5.91. The molecule has 1 unspecified atom stereocenters. The topological polar surface area (TPSA) is 84.3 Å².